The van der Waals surface area contributed by atoms with Crippen molar-refractivity contribution in [3.63, 3.8) is 0 Å². The molecule has 0 atom stereocenters. The van der Waals surface area contributed by atoms with Crippen molar-refractivity contribution in [3.8, 4) is 0 Å². The maximum absolute atomic E-state index is 10.8. The highest BCUT2D eigenvalue weighted by molar-refractivity contribution is 6.33. The quantitative estimate of drug-likeness (QED) is 0.898. The number of aromatic carboxylic acids is 1. The number of carboxylic acids is 1. The second-order valence-electron chi connectivity index (χ2n) is 4.51. The summed E-state index contributed by atoms with van der Waals surface area (Å²) in [5, 5.41) is 9.21. The molecule has 0 radical (unpaired) electrons. The minimum atomic E-state index is -1.01. The molecule has 0 unspecified atom stereocenters. The fourth-order valence-corrected chi connectivity index (χ4v) is 2.29. The zero-order valence-electron chi connectivity index (χ0n) is 9.69. The van der Waals surface area contributed by atoms with Gasteiger partial charge in [-0.05, 0) is 24.8 Å². The first-order chi connectivity index (χ1) is 8.08. The molecule has 0 amide bonds. The minimum absolute atomic E-state index is 0.121. The van der Waals surface area contributed by atoms with Crippen LogP contribution in [0.4, 0.5) is 5.82 Å². The molecule has 1 N–H and O–H groups in total. The summed E-state index contributed by atoms with van der Waals surface area (Å²) in [6, 6.07) is 1.45. The molecule has 1 aromatic rings. The number of rotatable bonds is 4. The molecule has 5 heteroatoms. The van der Waals surface area contributed by atoms with Gasteiger partial charge in [-0.1, -0.05) is 18.0 Å². The summed E-state index contributed by atoms with van der Waals surface area (Å²) in [5.41, 5.74) is 0.121. The van der Waals surface area contributed by atoms with Crippen LogP contribution in [0.1, 0.15) is 29.6 Å². The van der Waals surface area contributed by atoms with Crippen molar-refractivity contribution in [2.24, 2.45) is 5.92 Å². The Morgan fingerprint density at radius 2 is 2.35 bits per heavy atom. The van der Waals surface area contributed by atoms with Crippen molar-refractivity contribution in [2.75, 3.05) is 18.5 Å². The Morgan fingerprint density at radius 1 is 1.65 bits per heavy atom. The molecule has 0 saturated heterocycles. The third-order valence-electron chi connectivity index (χ3n) is 3.19. The molecule has 0 bridgehead atoms. The van der Waals surface area contributed by atoms with Gasteiger partial charge in [-0.15, -0.1) is 0 Å². The highest BCUT2D eigenvalue weighted by Crippen LogP contribution is 2.30. The van der Waals surface area contributed by atoms with Crippen LogP contribution in [0.15, 0.2) is 12.3 Å². The first-order valence-electron chi connectivity index (χ1n) is 5.68. The second kappa shape index (κ2) is 4.92. The largest absolute Gasteiger partial charge is 0.478 e. The lowest BCUT2D eigenvalue weighted by molar-refractivity contribution is 0.0696. The zero-order chi connectivity index (χ0) is 12.4. The number of anilines is 1. The zero-order valence-corrected chi connectivity index (χ0v) is 10.4. The van der Waals surface area contributed by atoms with E-state index in [2.05, 4.69) is 4.98 Å². The smallest absolute Gasteiger partial charge is 0.337 e. The summed E-state index contributed by atoms with van der Waals surface area (Å²) in [4.78, 5) is 16.9. The molecule has 1 aromatic heterocycles. The summed E-state index contributed by atoms with van der Waals surface area (Å²) in [7, 11) is 1.94. The Bertz CT molecular complexity index is 433. The average Bonchev–Trinajstić information content (AvgIpc) is 2.22. The molecule has 1 aliphatic rings. The second-order valence-corrected chi connectivity index (χ2v) is 4.92. The van der Waals surface area contributed by atoms with E-state index < -0.39 is 5.97 Å². The molecule has 0 aromatic carbocycles. The monoisotopic (exact) mass is 254 g/mol. The van der Waals surface area contributed by atoms with Crippen molar-refractivity contribution in [2.45, 2.75) is 19.3 Å². The molecule has 0 spiro atoms. The summed E-state index contributed by atoms with van der Waals surface area (Å²) < 4.78 is 0. The third-order valence-corrected chi connectivity index (χ3v) is 3.47. The van der Waals surface area contributed by atoms with Crippen LogP contribution >= 0.6 is 11.6 Å². The Hall–Kier alpha value is -1.29. The SMILES string of the molecule is CN(CC1CCC1)c1ncc(C(=O)O)cc1Cl. The van der Waals surface area contributed by atoms with Crippen molar-refractivity contribution < 1.29 is 9.90 Å². The predicted octanol–water partition coefficient (Wildman–Crippen LogP) is 2.67. The van der Waals surface area contributed by atoms with E-state index in [-0.39, 0.29) is 5.56 Å². The van der Waals surface area contributed by atoms with Crippen molar-refractivity contribution >= 4 is 23.4 Å². The number of aromatic nitrogens is 1. The molecule has 1 fully saturated rings. The molecule has 2 rings (SSSR count). The maximum Gasteiger partial charge on any atom is 0.337 e. The molecule has 1 saturated carbocycles. The van der Waals surface area contributed by atoms with Gasteiger partial charge in [-0.25, -0.2) is 9.78 Å². The summed E-state index contributed by atoms with van der Waals surface area (Å²) in [6.07, 6.45) is 5.17. The van der Waals surface area contributed by atoms with Crippen LogP contribution < -0.4 is 4.90 Å². The van der Waals surface area contributed by atoms with Gasteiger partial charge < -0.3 is 10.0 Å². The van der Waals surface area contributed by atoms with Gasteiger partial charge in [-0.3, -0.25) is 0 Å². The number of carboxylic acid groups (broad SMARTS) is 1. The average molecular weight is 255 g/mol. The summed E-state index contributed by atoms with van der Waals surface area (Å²) in [5.74, 6) is 0.369. The molecule has 4 nitrogen and oxygen atoms in total. The van der Waals surface area contributed by atoms with Crippen molar-refractivity contribution in [3.05, 3.63) is 22.8 Å². The lowest BCUT2D eigenvalue weighted by Gasteiger charge is -2.31. The highest BCUT2D eigenvalue weighted by atomic mass is 35.5. The van der Waals surface area contributed by atoms with Crippen LogP contribution in [-0.2, 0) is 0 Å². The van der Waals surface area contributed by atoms with Crippen molar-refractivity contribution in [1.29, 1.82) is 0 Å². The van der Waals surface area contributed by atoms with Crippen LogP contribution in [0, 0.1) is 5.92 Å². The molecular weight excluding hydrogens is 240 g/mol. The fourth-order valence-electron chi connectivity index (χ4n) is 1.98. The molecule has 92 valence electrons. The number of halogens is 1. The molecule has 0 aliphatic heterocycles. The van der Waals surface area contributed by atoms with Crippen molar-refractivity contribution in [1.82, 2.24) is 4.98 Å². The summed E-state index contributed by atoms with van der Waals surface area (Å²) in [6.45, 7) is 0.930. The Kier molecular flexibility index (Phi) is 3.52. The number of hydrogen-bond acceptors (Lipinski definition) is 3. The van der Waals surface area contributed by atoms with Gasteiger partial charge in [0.25, 0.3) is 0 Å². The van der Waals surface area contributed by atoms with Gasteiger partial charge >= 0.3 is 5.97 Å². The lowest BCUT2D eigenvalue weighted by atomic mass is 9.85. The van der Waals surface area contributed by atoms with Gasteiger partial charge in [0.2, 0.25) is 0 Å². The highest BCUT2D eigenvalue weighted by Gasteiger charge is 2.21. The third kappa shape index (κ3) is 2.69. The molecule has 1 aliphatic carbocycles. The minimum Gasteiger partial charge on any atom is -0.478 e. The topological polar surface area (TPSA) is 53.4 Å². The van der Waals surface area contributed by atoms with Gasteiger partial charge in [-0.2, -0.15) is 0 Å². The van der Waals surface area contributed by atoms with E-state index in [9.17, 15) is 4.79 Å². The number of nitrogens with zero attached hydrogens (tertiary/aromatic N) is 2. The van der Waals surface area contributed by atoms with Crippen LogP contribution in [0.25, 0.3) is 0 Å². The van der Waals surface area contributed by atoms with Gasteiger partial charge in [0.05, 0.1) is 10.6 Å². The normalized spacial score (nSPS) is 15.4. The van der Waals surface area contributed by atoms with E-state index in [4.69, 9.17) is 16.7 Å². The lowest BCUT2D eigenvalue weighted by Crippen LogP contribution is -2.30. The first kappa shape index (κ1) is 12.2. The predicted molar refractivity (Wildman–Crippen MR) is 66.8 cm³/mol. The van der Waals surface area contributed by atoms with Crippen LogP contribution in [0.2, 0.25) is 5.02 Å². The molecule has 1 heterocycles. The Morgan fingerprint density at radius 3 is 2.82 bits per heavy atom. The Labute approximate surface area is 105 Å². The first-order valence-corrected chi connectivity index (χ1v) is 6.05. The van der Waals surface area contributed by atoms with Crippen LogP contribution in [0.5, 0.6) is 0 Å². The van der Waals surface area contributed by atoms with E-state index in [1.165, 1.54) is 31.5 Å². The van der Waals surface area contributed by atoms with E-state index in [0.717, 1.165) is 12.5 Å². The fraction of sp³-hybridized carbons (Fsp3) is 0.500. The van der Waals surface area contributed by atoms with E-state index in [0.29, 0.717) is 10.8 Å². The van der Waals surface area contributed by atoms with E-state index in [1.54, 1.807) is 0 Å². The van der Waals surface area contributed by atoms with Crippen LogP contribution in [0.3, 0.4) is 0 Å². The van der Waals surface area contributed by atoms with Gasteiger partial charge in [0.15, 0.2) is 0 Å². The molecular formula is C12H15ClN2O2. The van der Waals surface area contributed by atoms with Gasteiger partial charge in [0.1, 0.15) is 5.82 Å². The van der Waals surface area contributed by atoms with E-state index in [1.807, 2.05) is 11.9 Å². The maximum atomic E-state index is 10.8. The number of carbonyl (C=O) groups is 1. The number of pyridine rings is 1. The number of hydrogen-bond donors (Lipinski definition) is 1. The summed E-state index contributed by atoms with van der Waals surface area (Å²) >= 11 is 6.05. The Balaban J connectivity index is 2.11. The molecule has 17 heavy (non-hydrogen) atoms. The van der Waals surface area contributed by atoms with Crippen LogP contribution in [-0.4, -0.2) is 29.7 Å². The standard InChI is InChI=1S/C12H15ClN2O2/c1-15(7-8-3-2-4-8)11-10(13)5-9(6-14-11)12(16)17/h5-6,8H,2-4,7H2,1H3,(H,16,17). The van der Waals surface area contributed by atoms with E-state index >= 15 is 0 Å². The van der Waals surface area contributed by atoms with Gasteiger partial charge in [0, 0.05) is 19.8 Å².